The molecule has 0 saturated carbocycles. The van der Waals surface area contributed by atoms with Crippen molar-refractivity contribution in [3.63, 3.8) is 0 Å². The summed E-state index contributed by atoms with van der Waals surface area (Å²) in [6.07, 6.45) is 4.72. The zero-order valence-corrected chi connectivity index (χ0v) is 16.3. The Hall–Kier alpha value is -2.38. The minimum atomic E-state index is 0.143. The van der Waals surface area contributed by atoms with Crippen molar-refractivity contribution in [3.8, 4) is 11.5 Å². The molecule has 7 heteroatoms. The smallest absolute Gasteiger partial charge is 0.250 e. The van der Waals surface area contributed by atoms with Crippen LogP contribution in [-0.4, -0.2) is 54.9 Å². The summed E-state index contributed by atoms with van der Waals surface area (Å²) in [6, 6.07) is 6.02. The van der Waals surface area contributed by atoms with Gasteiger partial charge in [-0.05, 0) is 44.2 Å². The summed E-state index contributed by atoms with van der Waals surface area (Å²) in [5.74, 6) is 2.72. The minimum Gasteiger partial charge on any atom is -0.490 e. The van der Waals surface area contributed by atoms with Crippen molar-refractivity contribution in [3.05, 3.63) is 35.5 Å². The molecule has 1 unspecified atom stereocenters. The third-order valence-corrected chi connectivity index (χ3v) is 4.41. The quantitative estimate of drug-likeness (QED) is 0.763. The Bertz CT molecular complexity index is 759. The molecule has 0 amide bonds. The van der Waals surface area contributed by atoms with E-state index in [0.29, 0.717) is 24.9 Å². The highest BCUT2D eigenvalue weighted by molar-refractivity contribution is 5.67. The summed E-state index contributed by atoms with van der Waals surface area (Å²) in [5.41, 5.74) is 0.985. The van der Waals surface area contributed by atoms with Crippen molar-refractivity contribution in [2.75, 3.05) is 39.9 Å². The molecule has 2 aromatic rings. The second-order valence-electron chi connectivity index (χ2n) is 6.51. The first-order chi connectivity index (χ1) is 13.2. The van der Waals surface area contributed by atoms with Gasteiger partial charge >= 0.3 is 0 Å². The van der Waals surface area contributed by atoms with Gasteiger partial charge in [0.25, 0.3) is 5.89 Å². The maximum Gasteiger partial charge on any atom is 0.250 e. The van der Waals surface area contributed by atoms with Crippen LogP contribution in [0.15, 0.2) is 22.7 Å². The summed E-state index contributed by atoms with van der Waals surface area (Å²) in [5, 5.41) is 7.50. The molecule has 1 aromatic carbocycles. The molecule has 0 radical (unpaired) electrons. The summed E-state index contributed by atoms with van der Waals surface area (Å²) < 4.78 is 16.8. The van der Waals surface area contributed by atoms with E-state index in [1.807, 2.05) is 37.3 Å². The van der Waals surface area contributed by atoms with Gasteiger partial charge in [0, 0.05) is 25.7 Å². The molecule has 1 aliphatic heterocycles. The lowest BCUT2D eigenvalue weighted by molar-refractivity contribution is 0.190. The van der Waals surface area contributed by atoms with Gasteiger partial charge < -0.3 is 19.3 Å². The van der Waals surface area contributed by atoms with Crippen molar-refractivity contribution >= 4 is 12.2 Å². The van der Waals surface area contributed by atoms with Crippen LogP contribution in [0.1, 0.15) is 43.6 Å². The molecule has 3 rings (SSSR count). The van der Waals surface area contributed by atoms with Crippen LogP contribution >= 0.6 is 0 Å². The number of hydrogen-bond acceptors (Lipinski definition) is 7. The molecule has 1 aliphatic rings. The van der Waals surface area contributed by atoms with E-state index in [1.54, 1.807) is 0 Å². The zero-order valence-electron chi connectivity index (χ0n) is 16.3. The highest BCUT2D eigenvalue weighted by Gasteiger charge is 2.24. The molecular weight excluding hydrogens is 344 g/mol. The van der Waals surface area contributed by atoms with Gasteiger partial charge in [-0.3, -0.25) is 4.90 Å². The molecule has 146 valence electrons. The zero-order chi connectivity index (χ0) is 19.1. The minimum absolute atomic E-state index is 0.143. The molecule has 1 saturated heterocycles. The first-order valence-corrected chi connectivity index (χ1v) is 9.53. The fourth-order valence-electron chi connectivity index (χ4n) is 2.94. The summed E-state index contributed by atoms with van der Waals surface area (Å²) in [6.45, 7) is 8.08. The first kappa shape index (κ1) is 19.4. The topological polar surface area (TPSA) is 72.7 Å². The number of nitrogens with one attached hydrogen (secondary N) is 1. The Balaban J connectivity index is 1.71. The molecule has 0 aliphatic carbocycles. The Morgan fingerprint density at radius 1 is 1.26 bits per heavy atom. The first-order valence-electron chi connectivity index (χ1n) is 9.53. The predicted octanol–water partition coefficient (Wildman–Crippen LogP) is 3.00. The molecule has 0 bridgehead atoms. The second-order valence-corrected chi connectivity index (χ2v) is 6.51. The molecule has 1 aromatic heterocycles. The van der Waals surface area contributed by atoms with E-state index in [-0.39, 0.29) is 6.04 Å². The SMILES string of the molecule is CCCOc1ccc(/C=C/c2nc(C3CNCCN3C)no2)cc1OCC. The van der Waals surface area contributed by atoms with E-state index < -0.39 is 0 Å². The van der Waals surface area contributed by atoms with Crippen LogP contribution in [0.25, 0.3) is 12.2 Å². The highest BCUT2D eigenvalue weighted by Crippen LogP contribution is 2.29. The average molecular weight is 372 g/mol. The molecule has 1 fully saturated rings. The van der Waals surface area contributed by atoms with E-state index in [4.69, 9.17) is 14.0 Å². The summed E-state index contributed by atoms with van der Waals surface area (Å²) in [4.78, 5) is 6.75. The monoisotopic (exact) mass is 372 g/mol. The average Bonchev–Trinajstić information content (AvgIpc) is 3.15. The lowest BCUT2D eigenvalue weighted by atomic mass is 10.2. The molecule has 1 N–H and O–H groups in total. The third-order valence-electron chi connectivity index (χ3n) is 4.41. The number of piperazine rings is 1. The van der Waals surface area contributed by atoms with Gasteiger partial charge in [0.15, 0.2) is 17.3 Å². The van der Waals surface area contributed by atoms with Gasteiger partial charge in [-0.25, -0.2) is 0 Å². The lowest BCUT2D eigenvalue weighted by Gasteiger charge is -2.30. The number of benzene rings is 1. The Kier molecular flexibility index (Phi) is 6.84. The standard InChI is InChI=1S/C20H28N4O3/c1-4-12-26-17-8-6-15(13-18(17)25-5-2)7-9-19-22-20(23-27-19)16-14-21-10-11-24(16)3/h6-9,13,16,21H,4-5,10-12,14H2,1-3H3/b9-7+. The number of likely N-dealkylation sites (N-methyl/N-ethyl adjacent to an activating group) is 1. The molecule has 1 atom stereocenters. The Labute approximate surface area is 160 Å². The molecular formula is C20H28N4O3. The van der Waals surface area contributed by atoms with Gasteiger partial charge in [0.2, 0.25) is 0 Å². The van der Waals surface area contributed by atoms with Crippen LogP contribution in [0.4, 0.5) is 0 Å². The number of rotatable bonds is 8. The van der Waals surface area contributed by atoms with E-state index >= 15 is 0 Å². The molecule has 27 heavy (non-hydrogen) atoms. The maximum atomic E-state index is 5.74. The van der Waals surface area contributed by atoms with Crippen molar-refractivity contribution in [1.29, 1.82) is 0 Å². The Morgan fingerprint density at radius 2 is 2.15 bits per heavy atom. The van der Waals surface area contributed by atoms with Crippen molar-refractivity contribution in [2.45, 2.75) is 26.3 Å². The van der Waals surface area contributed by atoms with Crippen LogP contribution in [-0.2, 0) is 0 Å². The van der Waals surface area contributed by atoms with Crippen LogP contribution < -0.4 is 14.8 Å². The number of aromatic nitrogens is 2. The molecule has 2 heterocycles. The van der Waals surface area contributed by atoms with Gasteiger partial charge in [0.1, 0.15) is 0 Å². The van der Waals surface area contributed by atoms with Gasteiger partial charge in [0.05, 0.1) is 19.3 Å². The van der Waals surface area contributed by atoms with Crippen molar-refractivity contribution in [2.24, 2.45) is 0 Å². The molecule has 7 nitrogen and oxygen atoms in total. The number of ether oxygens (including phenoxy) is 2. The molecule has 0 spiro atoms. The fourth-order valence-corrected chi connectivity index (χ4v) is 2.94. The van der Waals surface area contributed by atoms with Crippen molar-refractivity contribution in [1.82, 2.24) is 20.4 Å². The van der Waals surface area contributed by atoms with E-state index in [0.717, 1.165) is 43.1 Å². The number of nitrogens with zero attached hydrogens (tertiary/aromatic N) is 3. The number of hydrogen-bond donors (Lipinski definition) is 1. The highest BCUT2D eigenvalue weighted by atomic mass is 16.5. The lowest BCUT2D eigenvalue weighted by Crippen LogP contribution is -2.44. The normalized spacial score (nSPS) is 18.1. The predicted molar refractivity (Wildman–Crippen MR) is 105 cm³/mol. The maximum absolute atomic E-state index is 5.74. The largest absolute Gasteiger partial charge is 0.490 e. The van der Waals surface area contributed by atoms with E-state index in [2.05, 4.69) is 34.3 Å². The van der Waals surface area contributed by atoms with Gasteiger partial charge in [-0.15, -0.1) is 0 Å². The van der Waals surface area contributed by atoms with E-state index in [9.17, 15) is 0 Å². The van der Waals surface area contributed by atoms with Crippen LogP contribution in [0.2, 0.25) is 0 Å². The second kappa shape index (κ2) is 9.53. The third kappa shape index (κ3) is 5.08. The van der Waals surface area contributed by atoms with Crippen molar-refractivity contribution < 1.29 is 14.0 Å². The van der Waals surface area contributed by atoms with Crippen LogP contribution in [0, 0.1) is 0 Å². The van der Waals surface area contributed by atoms with Crippen LogP contribution in [0.3, 0.4) is 0 Å². The van der Waals surface area contributed by atoms with Gasteiger partial charge in [-0.1, -0.05) is 18.1 Å². The van der Waals surface area contributed by atoms with Gasteiger partial charge in [-0.2, -0.15) is 4.98 Å². The summed E-state index contributed by atoms with van der Waals surface area (Å²) in [7, 11) is 2.08. The van der Waals surface area contributed by atoms with E-state index in [1.165, 1.54) is 0 Å². The summed E-state index contributed by atoms with van der Waals surface area (Å²) >= 11 is 0. The fraction of sp³-hybridized carbons (Fsp3) is 0.500. The van der Waals surface area contributed by atoms with Crippen LogP contribution in [0.5, 0.6) is 11.5 Å². The Morgan fingerprint density at radius 3 is 2.93 bits per heavy atom.